The summed E-state index contributed by atoms with van der Waals surface area (Å²) in [5, 5.41) is 8.53. The lowest BCUT2D eigenvalue weighted by Crippen LogP contribution is -2.20. The van der Waals surface area contributed by atoms with Gasteiger partial charge in [0.1, 0.15) is 0 Å². The van der Waals surface area contributed by atoms with Crippen LogP contribution < -0.4 is 5.73 Å². The molecule has 1 aromatic rings. The maximum absolute atomic E-state index is 11.2. The molecule has 0 amide bonds. The predicted molar refractivity (Wildman–Crippen MR) is 56.8 cm³/mol. The Morgan fingerprint density at radius 3 is 2.73 bits per heavy atom. The lowest BCUT2D eigenvalue weighted by atomic mass is 10.1. The first-order valence-corrected chi connectivity index (χ1v) is 6.27. The second kappa shape index (κ2) is 4.43. The molecule has 4 nitrogen and oxygen atoms in total. The minimum absolute atomic E-state index is 0.255. The maximum Gasteiger partial charge on any atom is 0.175 e. The fraction of sp³-hybridized carbons (Fsp3) is 0.300. The molecular formula is C10H12N2O2S. The summed E-state index contributed by atoms with van der Waals surface area (Å²) in [5.74, 6) is 0. The van der Waals surface area contributed by atoms with Gasteiger partial charge in [0.25, 0.3) is 0 Å². The van der Waals surface area contributed by atoms with Crippen LogP contribution >= 0.6 is 0 Å². The Balaban J connectivity index is 3.00. The molecular weight excluding hydrogens is 212 g/mol. The van der Waals surface area contributed by atoms with E-state index in [0.29, 0.717) is 6.42 Å². The number of nitrogens with zero attached hydrogens (tertiary/aromatic N) is 1. The molecule has 0 saturated carbocycles. The van der Waals surface area contributed by atoms with Gasteiger partial charge in [-0.15, -0.1) is 0 Å². The minimum atomic E-state index is -3.19. The number of hydrogen-bond donors (Lipinski definition) is 1. The second-order valence-electron chi connectivity index (χ2n) is 3.36. The van der Waals surface area contributed by atoms with Crippen LogP contribution in [0, 0.1) is 11.3 Å². The minimum Gasteiger partial charge on any atom is -0.316 e. The van der Waals surface area contributed by atoms with Gasteiger partial charge in [-0.05, 0) is 17.7 Å². The van der Waals surface area contributed by atoms with Crippen molar-refractivity contribution in [3.63, 3.8) is 0 Å². The number of rotatable bonds is 3. The zero-order valence-corrected chi connectivity index (χ0v) is 9.16. The molecule has 0 radical (unpaired) electrons. The lowest BCUT2D eigenvalue weighted by molar-refractivity contribution is 0.601. The topological polar surface area (TPSA) is 83.9 Å². The van der Waals surface area contributed by atoms with Crippen molar-refractivity contribution < 1.29 is 8.42 Å². The molecule has 5 heteroatoms. The van der Waals surface area contributed by atoms with Crippen LogP contribution in [0.5, 0.6) is 0 Å². The molecule has 0 fully saturated rings. The van der Waals surface area contributed by atoms with Crippen LogP contribution in [0.25, 0.3) is 0 Å². The molecule has 0 heterocycles. The predicted octanol–water partition coefficient (Wildman–Crippen LogP) is 0.483. The Morgan fingerprint density at radius 1 is 1.53 bits per heavy atom. The van der Waals surface area contributed by atoms with Gasteiger partial charge in [-0.25, -0.2) is 8.42 Å². The zero-order chi connectivity index (χ0) is 11.5. The standard InChI is InChI=1S/C10H12N2O2S/c1-15(13,14)10-4-2-3-8(6-10)5-9(12)7-11/h2-4,6,9H,5,12H2,1H3. The van der Waals surface area contributed by atoms with Crippen molar-refractivity contribution in [3.8, 4) is 6.07 Å². The van der Waals surface area contributed by atoms with Crippen LogP contribution in [-0.4, -0.2) is 20.7 Å². The van der Waals surface area contributed by atoms with Gasteiger partial charge >= 0.3 is 0 Å². The summed E-state index contributed by atoms with van der Waals surface area (Å²) in [6, 6.07) is 7.78. The number of nitrogens with two attached hydrogens (primary N) is 1. The molecule has 1 unspecified atom stereocenters. The monoisotopic (exact) mass is 224 g/mol. The van der Waals surface area contributed by atoms with Crippen molar-refractivity contribution in [1.29, 1.82) is 5.26 Å². The molecule has 2 N–H and O–H groups in total. The molecule has 0 aliphatic rings. The van der Waals surface area contributed by atoms with Gasteiger partial charge in [0.2, 0.25) is 0 Å². The Hall–Kier alpha value is -1.38. The van der Waals surface area contributed by atoms with Gasteiger partial charge in [0, 0.05) is 12.7 Å². The summed E-state index contributed by atoms with van der Waals surface area (Å²) in [6.07, 6.45) is 1.51. The van der Waals surface area contributed by atoms with E-state index in [0.717, 1.165) is 11.8 Å². The third kappa shape index (κ3) is 3.35. The van der Waals surface area contributed by atoms with Gasteiger partial charge < -0.3 is 5.73 Å². The van der Waals surface area contributed by atoms with Crippen LogP contribution in [0.1, 0.15) is 5.56 Å². The van der Waals surface area contributed by atoms with Crippen molar-refractivity contribution in [3.05, 3.63) is 29.8 Å². The second-order valence-corrected chi connectivity index (χ2v) is 5.38. The highest BCUT2D eigenvalue weighted by Gasteiger charge is 2.08. The third-order valence-corrected chi connectivity index (χ3v) is 3.06. The summed E-state index contributed by atoms with van der Waals surface area (Å²) in [7, 11) is -3.19. The Morgan fingerprint density at radius 2 is 2.20 bits per heavy atom. The largest absolute Gasteiger partial charge is 0.316 e. The SMILES string of the molecule is CS(=O)(=O)c1cccc(CC(N)C#N)c1. The van der Waals surface area contributed by atoms with E-state index < -0.39 is 15.9 Å². The lowest BCUT2D eigenvalue weighted by Gasteiger charge is -2.04. The van der Waals surface area contributed by atoms with E-state index in [2.05, 4.69) is 0 Å². The molecule has 0 saturated heterocycles. The number of sulfone groups is 1. The van der Waals surface area contributed by atoms with Crippen molar-refractivity contribution in [1.82, 2.24) is 0 Å². The van der Waals surface area contributed by atoms with E-state index >= 15 is 0 Å². The summed E-state index contributed by atoms with van der Waals surface area (Å²) in [4.78, 5) is 0.255. The van der Waals surface area contributed by atoms with E-state index in [4.69, 9.17) is 11.0 Å². The first kappa shape index (κ1) is 11.7. The van der Waals surface area contributed by atoms with E-state index in [1.54, 1.807) is 18.2 Å². The van der Waals surface area contributed by atoms with Crippen molar-refractivity contribution in [2.75, 3.05) is 6.26 Å². The number of benzene rings is 1. The Kier molecular flexibility index (Phi) is 3.45. The summed E-state index contributed by atoms with van der Waals surface area (Å²) in [5.41, 5.74) is 6.21. The van der Waals surface area contributed by atoms with E-state index in [-0.39, 0.29) is 4.90 Å². The fourth-order valence-electron chi connectivity index (χ4n) is 1.20. The first-order valence-electron chi connectivity index (χ1n) is 4.37. The molecule has 1 aromatic carbocycles. The van der Waals surface area contributed by atoms with E-state index in [1.165, 1.54) is 6.07 Å². The van der Waals surface area contributed by atoms with Crippen LogP contribution in [0.2, 0.25) is 0 Å². The number of nitriles is 1. The molecule has 0 aromatic heterocycles. The quantitative estimate of drug-likeness (QED) is 0.809. The van der Waals surface area contributed by atoms with Crippen LogP contribution in [-0.2, 0) is 16.3 Å². The highest BCUT2D eigenvalue weighted by atomic mass is 32.2. The smallest absolute Gasteiger partial charge is 0.175 e. The van der Waals surface area contributed by atoms with Gasteiger partial charge in [-0.3, -0.25) is 0 Å². The van der Waals surface area contributed by atoms with Crippen LogP contribution in [0.15, 0.2) is 29.2 Å². The zero-order valence-electron chi connectivity index (χ0n) is 8.34. The summed E-state index contributed by atoms with van der Waals surface area (Å²) in [6.45, 7) is 0. The van der Waals surface area contributed by atoms with Gasteiger partial charge in [-0.2, -0.15) is 5.26 Å². The number of hydrogen-bond acceptors (Lipinski definition) is 4. The summed E-state index contributed by atoms with van der Waals surface area (Å²) >= 11 is 0. The molecule has 0 aliphatic heterocycles. The van der Waals surface area contributed by atoms with Gasteiger partial charge in [-0.1, -0.05) is 12.1 Å². The highest BCUT2D eigenvalue weighted by Crippen LogP contribution is 2.12. The molecule has 0 bridgehead atoms. The van der Waals surface area contributed by atoms with E-state index in [1.807, 2.05) is 6.07 Å². The molecule has 1 rings (SSSR count). The van der Waals surface area contributed by atoms with Crippen molar-refractivity contribution in [2.24, 2.45) is 5.73 Å². The molecule has 15 heavy (non-hydrogen) atoms. The normalized spacial score (nSPS) is 13.1. The average Bonchev–Trinajstić information content (AvgIpc) is 2.17. The molecule has 80 valence electrons. The third-order valence-electron chi connectivity index (χ3n) is 1.95. The van der Waals surface area contributed by atoms with Crippen molar-refractivity contribution >= 4 is 9.84 Å². The summed E-state index contributed by atoms with van der Waals surface area (Å²) < 4.78 is 22.5. The molecule has 0 aliphatic carbocycles. The molecule has 1 atom stereocenters. The van der Waals surface area contributed by atoms with Gasteiger partial charge in [0.05, 0.1) is 17.0 Å². The highest BCUT2D eigenvalue weighted by molar-refractivity contribution is 7.90. The fourth-order valence-corrected chi connectivity index (χ4v) is 1.89. The average molecular weight is 224 g/mol. The van der Waals surface area contributed by atoms with E-state index in [9.17, 15) is 8.42 Å². The Labute approximate surface area is 89.2 Å². The molecule has 0 spiro atoms. The van der Waals surface area contributed by atoms with Gasteiger partial charge in [0.15, 0.2) is 9.84 Å². The maximum atomic E-state index is 11.2. The Bertz CT molecular complexity index is 488. The first-order chi connectivity index (χ1) is 6.93. The van der Waals surface area contributed by atoms with Crippen LogP contribution in [0.3, 0.4) is 0 Å². The van der Waals surface area contributed by atoms with Crippen LogP contribution in [0.4, 0.5) is 0 Å². The van der Waals surface area contributed by atoms with Crippen molar-refractivity contribution in [2.45, 2.75) is 17.4 Å².